The van der Waals surface area contributed by atoms with Gasteiger partial charge in [-0.2, -0.15) is 0 Å². The van der Waals surface area contributed by atoms with Gasteiger partial charge in [0.1, 0.15) is 5.58 Å². The number of hydrogen-bond acceptors (Lipinski definition) is 4. The van der Waals surface area contributed by atoms with Gasteiger partial charge in [0.15, 0.2) is 0 Å². The number of rotatable bonds is 4. The van der Waals surface area contributed by atoms with Crippen molar-refractivity contribution in [1.82, 2.24) is 10.4 Å². The van der Waals surface area contributed by atoms with Crippen molar-refractivity contribution in [2.24, 2.45) is 5.73 Å². The van der Waals surface area contributed by atoms with Gasteiger partial charge in [-0.3, -0.25) is 0 Å². The Morgan fingerprint density at radius 2 is 2.00 bits per heavy atom. The van der Waals surface area contributed by atoms with Crippen molar-refractivity contribution in [2.75, 3.05) is 6.54 Å². The maximum atomic E-state index is 6.03. The molecule has 0 radical (unpaired) electrons. The lowest BCUT2D eigenvalue weighted by Crippen LogP contribution is -2.54. The SMILES string of the molecule is CC1CCCC(C)N1NC(CN)c1coc2ccccc12. The van der Waals surface area contributed by atoms with Gasteiger partial charge in [0, 0.05) is 29.6 Å². The third-order valence-electron chi connectivity index (χ3n) is 4.62. The van der Waals surface area contributed by atoms with Crippen LogP contribution in [-0.2, 0) is 0 Å². The van der Waals surface area contributed by atoms with Crippen molar-refractivity contribution in [2.45, 2.75) is 51.2 Å². The Bertz CT molecular complexity index is 584. The van der Waals surface area contributed by atoms with Crippen LogP contribution in [-0.4, -0.2) is 23.6 Å². The van der Waals surface area contributed by atoms with Crippen LogP contribution in [0, 0.1) is 0 Å². The van der Waals surface area contributed by atoms with E-state index < -0.39 is 0 Å². The van der Waals surface area contributed by atoms with Crippen LogP contribution in [0.4, 0.5) is 0 Å². The molecule has 3 unspecified atom stereocenters. The number of para-hydroxylation sites is 1. The Morgan fingerprint density at radius 3 is 2.71 bits per heavy atom. The van der Waals surface area contributed by atoms with E-state index in [-0.39, 0.29) is 6.04 Å². The van der Waals surface area contributed by atoms with Crippen molar-refractivity contribution >= 4 is 11.0 Å². The minimum absolute atomic E-state index is 0.0941. The van der Waals surface area contributed by atoms with Crippen LogP contribution in [0.2, 0.25) is 0 Å². The first-order chi connectivity index (χ1) is 10.2. The summed E-state index contributed by atoms with van der Waals surface area (Å²) in [6, 6.07) is 9.31. The summed E-state index contributed by atoms with van der Waals surface area (Å²) in [5.41, 5.74) is 11.8. The molecule has 0 amide bonds. The lowest BCUT2D eigenvalue weighted by atomic mass is 9.99. The van der Waals surface area contributed by atoms with E-state index in [0.29, 0.717) is 18.6 Å². The van der Waals surface area contributed by atoms with E-state index in [2.05, 4.69) is 30.3 Å². The highest BCUT2D eigenvalue weighted by Crippen LogP contribution is 2.28. The predicted octanol–water partition coefficient (Wildman–Crippen LogP) is 3.20. The molecule has 2 aromatic rings. The molecule has 4 nitrogen and oxygen atoms in total. The summed E-state index contributed by atoms with van der Waals surface area (Å²) in [6.45, 7) is 5.12. The third-order valence-corrected chi connectivity index (χ3v) is 4.62. The highest BCUT2D eigenvalue weighted by Gasteiger charge is 2.27. The number of nitrogens with two attached hydrogens (primary N) is 1. The van der Waals surface area contributed by atoms with Gasteiger partial charge in [-0.05, 0) is 32.8 Å². The van der Waals surface area contributed by atoms with Crippen LogP contribution in [0.25, 0.3) is 11.0 Å². The first-order valence-corrected chi connectivity index (χ1v) is 7.91. The second kappa shape index (κ2) is 6.18. The zero-order chi connectivity index (χ0) is 14.8. The monoisotopic (exact) mass is 287 g/mol. The van der Waals surface area contributed by atoms with Crippen LogP contribution in [0.1, 0.15) is 44.7 Å². The zero-order valence-corrected chi connectivity index (χ0v) is 12.9. The number of hydrogen-bond donors (Lipinski definition) is 2. The fourth-order valence-electron chi connectivity index (χ4n) is 3.37. The molecule has 1 saturated heterocycles. The van der Waals surface area contributed by atoms with Gasteiger partial charge in [-0.1, -0.05) is 24.6 Å². The maximum Gasteiger partial charge on any atom is 0.134 e. The number of piperidine rings is 1. The molecule has 3 rings (SSSR count). The molecule has 3 atom stereocenters. The van der Waals surface area contributed by atoms with Crippen molar-refractivity contribution in [1.29, 1.82) is 0 Å². The van der Waals surface area contributed by atoms with E-state index in [1.165, 1.54) is 19.3 Å². The Balaban J connectivity index is 1.84. The van der Waals surface area contributed by atoms with E-state index in [0.717, 1.165) is 16.5 Å². The maximum absolute atomic E-state index is 6.03. The van der Waals surface area contributed by atoms with E-state index in [1.54, 1.807) is 0 Å². The summed E-state index contributed by atoms with van der Waals surface area (Å²) < 4.78 is 5.66. The Kier molecular flexibility index (Phi) is 4.29. The number of nitrogens with one attached hydrogen (secondary N) is 1. The van der Waals surface area contributed by atoms with Gasteiger partial charge in [-0.15, -0.1) is 0 Å². The summed E-state index contributed by atoms with van der Waals surface area (Å²) in [5.74, 6) is 0. The Morgan fingerprint density at radius 1 is 1.29 bits per heavy atom. The lowest BCUT2D eigenvalue weighted by Gasteiger charge is -2.41. The molecular weight excluding hydrogens is 262 g/mol. The lowest BCUT2D eigenvalue weighted by molar-refractivity contribution is 0.0305. The second-order valence-corrected chi connectivity index (χ2v) is 6.14. The van der Waals surface area contributed by atoms with E-state index in [4.69, 9.17) is 10.2 Å². The molecule has 1 fully saturated rings. The van der Waals surface area contributed by atoms with Crippen LogP contribution < -0.4 is 11.2 Å². The fourth-order valence-corrected chi connectivity index (χ4v) is 3.37. The predicted molar refractivity (Wildman–Crippen MR) is 85.8 cm³/mol. The average Bonchev–Trinajstić information content (AvgIpc) is 2.91. The number of fused-ring (bicyclic) bond motifs is 1. The smallest absolute Gasteiger partial charge is 0.134 e. The van der Waals surface area contributed by atoms with Gasteiger partial charge in [0.25, 0.3) is 0 Å². The van der Waals surface area contributed by atoms with Crippen LogP contribution >= 0.6 is 0 Å². The topological polar surface area (TPSA) is 54.4 Å². The largest absolute Gasteiger partial charge is 0.464 e. The molecule has 4 heteroatoms. The average molecular weight is 287 g/mol. The molecule has 0 spiro atoms. The van der Waals surface area contributed by atoms with Gasteiger partial charge < -0.3 is 10.2 Å². The number of benzene rings is 1. The van der Waals surface area contributed by atoms with Crippen LogP contribution in [0.5, 0.6) is 0 Å². The summed E-state index contributed by atoms with van der Waals surface area (Å²) in [4.78, 5) is 0. The van der Waals surface area contributed by atoms with Crippen LogP contribution in [0.3, 0.4) is 0 Å². The summed E-state index contributed by atoms with van der Waals surface area (Å²) in [6.07, 6.45) is 5.62. The molecule has 0 saturated carbocycles. The molecule has 114 valence electrons. The number of furan rings is 1. The highest BCUT2D eigenvalue weighted by atomic mass is 16.3. The fraction of sp³-hybridized carbons (Fsp3) is 0.529. The number of nitrogens with zero attached hydrogens (tertiary/aromatic N) is 1. The van der Waals surface area contributed by atoms with Crippen LogP contribution in [0.15, 0.2) is 34.9 Å². The highest BCUT2D eigenvalue weighted by molar-refractivity contribution is 5.81. The zero-order valence-electron chi connectivity index (χ0n) is 12.9. The summed E-state index contributed by atoms with van der Waals surface area (Å²) in [7, 11) is 0. The molecular formula is C17H25N3O. The van der Waals surface area contributed by atoms with Gasteiger partial charge in [0.05, 0.1) is 12.3 Å². The van der Waals surface area contributed by atoms with Gasteiger partial charge >= 0.3 is 0 Å². The first-order valence-electron chi connectivity index (χ1n) is 7.91. The number of hydrazine groups is 1. The van der Waals surface area contributed by atoms with Crippen molar-refractivity contribution in [3.8, 4) is 0 Å². The normalized spacial score (nSPS) is 25.3. The molecule has 2 heterocycles. The van der Waals surface area contributed by atoms with Crippen molar-refractivity contribution < 1.29 is 4.42 Å². The Hall–Kier alpha value is -1.36. The molecule has 0 aliphatic carbocycles. The molecule has 21 heavy (non-hydrogen) atoms. The van der Waals surface area contributed by atoms with Crippen molar-refractivity contribution in [3.05, 3.63) is 36.1 Å². The van der Waals surface area contributed by atoms with Gasteiger partial charge in [-0.25, -0.2) is 10.4 Å². The molecule has 1 aliphatic heterocycles. The second-order valence-electron chi connectivity index (χ2n) is 6.14. The third kappa shape index (κ3) is 2.84. The van der Waals surface area contributed by atoms with E-state index in [9.17, 15) is 0 Å². The minimum atomic E-state index is 0.0941. The molecule has 0 bridgehead atoms. The van der Waals surface area contributed by atoms with Crippen molar-refractivity contribution in [3.63, 3.8) is 0 Å². The molecule has 1 aromatic carbocycles. The summed E-state index contributed by atoms with van der Waals surface area (Å²) in [5, 5.41) is 3.53. The first kappa shape index (κ1) is 14.6. The molecule has 3 N–H and O–H groups in total. The standard InChI is InChI=1S/C17H25N3O/c1-12-6-5-7-13(2)20(12)19-16(10-18)15-11-21-17-9-4-3-8-14(15)17/h3-4,8-9,11-13,16,19H,5-7,10,18H2,1-2H3. The Labute approximate surface area is 126 Å². The quantitative estimate of drug-likeness (QED) is 0.906. The minimum Gasteiger partial charge on any atom is -0.464 e. The van der Waals surface area contributed by atoms with E-state index in [1.807, 2.05) is 24.5 Å². The summed E-state index contributed by atoms with van der Waals surface area (Å²) >= 11 is 0. The molecule has 1 aromatic heterocycles. The van der Waals surface area contributed by atoms with Gasteiger partial charge in [0.2, 0.25) is 0 Å². The molecule has 1 aliphatic rings. The van der Waals surface area contributed by atoms with E-state index >= 15 is 0 Å².